The Hall–Kier alpha value is -1.53. The van der Waals surface area contributed by atoms with Crippen LogP contribution in [-0.4, -0.2) is 140 Å². The van der Waals surface area contributed by atoms with E-state index >= 15 is 0 Å². The number of carbonyl (C=O) groups excluding carboxylic acids is 1. The fraction of sp³-hybridized carbons (Fsp3) is 0.922. The zero-order valence-electron chi connectivity index (χ0n) is 49.7. The maximum atomic E-state index is 13.2. The molecule has 0 aromatic heterocycles. The van der Waals surface area contributed by atoms with Gasteiger partial charge in [0, 0.05) is 6.42 Å². The number of nitrogens with one attached hydrogen (secondary N) is 1. The van der Waals surface area contributed by atoms with Crippen LogP contribution in [0.2, 0.25) is 0 Å². The molecular weight excluding hydrogens is 991 g/mol. The Morgan fingerprint density at radius 3 is 1.22 bits per heavy atom. The second-order valence-electron chi connectivity index (χ2n) is 23.2. The molecule has 0 aliphatic carbocycles. The first kappa shape index (κ1) is 72.6. The Kier molecular flexibility index (Phi) is 46.5. The topological polar surface area (TPSA) is 228 Å². The number of allylic oxidation sites excluding steroid dienone is 3. The summed E-state index contributed by atoms with van der Waals surface area (Å²) >= 11 is 0. The highest BCUT2D eigenvalue weighted by molar-refractivity contribution is 5.76. The van der Waals surface area contributed by atoms with Gasteiger partial charge in [0.15, 0.2) is 12.6 Å². The first-order valence-electron chi connectivity index (χ1n) is 32.6. The van der Waals surface area contributed by atoms with E-state index in [0.29, 0.717) is 6.42 Å². The van der Waals surface area contributed by atoms with Crippen LogP contribution in [0.1, 0.15) is 284 Å². The highest BCUT2D eigenvalue weighted by atomic mass is 16.7. The SMILES string of the molecule is CCCCCCCCC/C=C/C(O)C(COC1OC(CO)C(OC2OC(CO)C(O)C(O)C2O)C(O)C1O)NC(=O)CCCCCCCCCCCCCCCCCCCCCCCCC/C=C\CCCCCCCCCC. The summed E-state index contributed by atoms with van der Waals surface area (Å²) in [6.07, 6.45) is 44.2. The van der Waals surface area contributed by atoms with Gasteiger partial charge in [-0.15, -0.1) is 0 Å². The van der Waals surface area contributed by atoms with Crippen molar-refractivity contribution in [1.82, 2.24) is 5.32 Å². The lowest BCUT2D eigenvalue weighted by atomic mass is 9.97. The maximum Gasteiger partial charge on any atom is 0.220 e. The van der Waals surface area contributed by atoms with Crippen LogP contribution < -0.4 is 5.32 Å². The van der Waals surface area contributed by atoms with Crippen LogP contribution in [0.4, 0.5) is 0 Å². The Morgan fingerprint density at radius 2 is 0.808 bits per heavy atom. The summed E-state index contributed by atoms with van der Waals surface area (Å²) in [6.45, 7) is 2.78. The van der Waals surface area contributed by atoms with E-state index in [1.165, 1.54) is 218 Å². The van der Waals surface area contributed by atoms with Crippen molar-refractivity contribution < 1.29 is 64.6 Å². The van der Waals surface area contributed by atoms with Gasteiger partial charge in [-0.3, -0.25) is 4.79 Å². The summed E-state index contributed by atoms with van der Waals surface area (Å²) in [5.74, 6) is -0.237. The average molecular weight is 1110 g/mol. The predicted octanol–water partition coefficient (Wildman–Crippen LogP) is 12.0. The molecule has 2 heterocycles. The third-order valence-electron chi connectivity index (χ3n) is 16.1. The summed E-state index contributed by atoms with van der Waals surface area (Å²) in [5, 5.41) is 86.9. The first-order chi connectivity index (χ1) is 38.1. The molecule has 78 heavy (non-hydrogen) atoms. The zero-order valence-corrected chi connectivity index (χ0v) is 49.7. The lowest BCUT2D eigenvalue weighted by Crippen LogP contribution is -2.65. The van der Waals surface area contributed by atoms with Crippen LogP contribution in [0.5, 0.6) is 0 Å². The summed E-state index contributed by atoms with van der Waals surface area (Å²) in [6, 6.07) is -0.909. The lowest BCUT2D eigenvalue weighted by Gasteiger charge is -2.46. The minimum Gasteiger partial charge on any atom is -0.394 e. The molecule has 0 aromatic carbocycles. The lowest BCUT2D eigenvalue weighted by molar-refractivity contribution is -0.359. The van der Waals surface area contributed by atoms with Gasteiger partial charge in [-0.25, -0.2) is 0 Å². The largest absolute Gasteiger partial charge is 0.394 e. The molecule has 2 fully saturated rings. The number of aliphatic hydroxyl groups excluding tert-OH is 8. The zero-order chi connectivity index (χ0) is 56.7. The fourth-order valence-electron chi connectivity index (χ4n) is 10.9. The van der Waals surface area contributed by atoms with Crippen molar-refractivity contribution >= 4 is 5.91 Å². The molecule has 0 bridgehead atoms. The summed E-state index contributed by atoms with van der Waals surface area (Å²) < 4.78 is 22.7. The van der Waals surface area contributed by atoms with E-state index in [9.17, 15) is 45.6 Å². The van der Waals surface area contributed by atoms with Crippen molar-refractivity contribution in [1.29, 1.82) is 0 Å². The van der Waals surface area contributed by atoms with Gasteiger partial charge in [0.1, 0.15) is 48.8 Å². The Bertz CT molecular complexity index is 1400. The van der Waals surface area contributed by atoms with Gasteiger partial charge < -0.3 is 65.1 Å². The molecule has 14 heteroatoms. The standard InChI is InChI=1S/C64H121NO13/c1-3-5-7-9-11-13-14-15-16-17-18-19-20-21-22-23-24-25-26-27-28-29-30-31-32-33-34-35-36-37-38-40-42-44-46-48-56(69)65-52(53(68)47-45-43-41-39-12-10-8-6-4-2)51-75-63-61(74)59(72)62(55(50-67)77-63)78-64-60(73)58(71)57(70)54(49-66)76-64/h17-18,45,47,52-55,57-64,66-68,70-74H,3-16,19-44,46,48-51H2,1-2H3,(H,65,69)/b18-17-,47-45+. The normalized spacial score (nSPS) is 24.6. The maximum absolute atomic E-state index is 13.2. The molecule has 1 amide bonds. The van der Waals surface area contributed by atoms with Crippen LogP contribution in [0.25, 0.3) is 0 Å². The van der Waals surface area contributed by atoms with Gasteiger partial charge in [-0.2, -0.15) is 0 Å². The van der Waals surface area contributed by atoms with Crippen LogP contribution in [0.3, 0.4) is 0 Å². The van der Waals surface area contributed by atoms with E-state index in [4.69, 9.17) is 18.9 Å². The van der Waals surface area contributed by atoms with E-state index in [1.54, 1.807) is 6.08 Å². The average Bonchev–Trinajstić information content (AvgIpc) is 3.47. The molecule has 0 radical (unpaired) electrons. The molecule has 14 nitrogen and oxygen atoms in total. The molecule has 9 N–H and O–H groups in total. The van der Waals surface area contributed by atoms with Gasteiger partial charge in [-0.05, 0) is 44.9 Å². The molecule has 0 aromatic rings. The van der Waals surface area contributed by atoms with E-state index < -0.39 is 86.8 Å². The van der Waals surface area contributed by atoms with E-state index in [-0.39, 0.29) is 18.9 Å². The molecule has 460 valence electrons. The van der Waals surface area contributed by atoms with Gasteiger partial charge in [0.2, 0.25) is 5.91 Å². The van der Waals surface area contributed by atoms with Crippen LogP contribution in [0, 0.1) is 0 Å². The number of rotatable bonds is 53. The molecule has 2 aliphatic rings. The van der Waals surface area contributed by atoms with E-state index in [2.05, 4.69) is 31.3 Å². The minimum absolute atomic E-state index is 0.237. The summed E-state index contributed by atoms with van der Waals surface area (Å²) in [7, 11) is 0. The van der Waals surface area contributed by atoms with Crippen LogP contribution >= 0.6 is 0 Å². The molecule has 2 saturated heterocycles. The number of aliphatic hydroxyl groups is 8. The summed E-state index contributed by atoms with van der Waals surface area (Å²) in [4.78, 5) is 13.2. The van der Waals surface area contributed by atoms with Crippen molar-refractivity contribution in [2.45, 2.75) is 357 Å². The second-order valence-corrected chi connectivity index (χ2v) is 23.2. The smallest absolute Gasteiger partial charge is 0.220 e. The third-order valence-corrected chi connectivity index (χ3v) is 16.1. The number of ether oxygens (including phenoxy) is 4. The molecular formula is C64H121NO13. The van der Waals surface area contributed by atoms with Gasteiger partial charge >= 0.3 is 0 Å². The molecule has 2 rings (SSSR count). The van der Waals surface area contributed by atoms with E-state index in [1.807, 2.05) is 6.08 Å². The molecule has 0 saturated carbocycles. The van der Waals surface area contributed by atoms with Crippen LogP contribution in [0.15, 0.2) is 24.3 Å². The summed E-state index contributed by atoms with van der Waals surface area (Å²) in [5.41, 5.74) is 0. The fourth-order valence-corrected chi connectivity index (χ4v) is 10.9. The van der Waals surface area contributed by atoms with Crippen molar-refractivity contribution in [3.63, 3.8) is 0 Å². The van der Waals surface area contributed by atoms with Crippen molar-refractivity contribution in [3.8, 4) is 0 Å². The van der Waals surface area contributed by atoms with Crippen molar-refractivity contribution in [3.05, 3.63) is 24.3 Å². The quantitative estimate of drug-likeness (QED) is 0.0204. The molecule has 12 atom stereocenters. The number of hydrogen-bond donors (Lipinski definition) is 9. The predicted molar refractivity (Wildman–Crippen MR) is 314 cm³/mol. The Balaban J connectivity index is 1.55. The second kappa shape index (κ2) is 50.0. The third kappa shape index (κ3) is 34.8. The number of unbranched alkanes of at least 4 members (excludes halogenated alkanes) is 38. The molecule has 12 unspecified atom stereocenters. The molecule has 2 aliphatic heterocycles. The first-order valence-corrected chi connectivity index (χ1v) is 32.6. The van der Waals surface area contributed by atoms with Gasteiger partial charge in [0.05, 0.1) is 32.0 Å². The highest BCUT2D eigenvalue weighted by Gasteiger charge is 2.51. The Morgan fingerprint density at radius 1 is 0.449 bits per heavy atom. The van der Waals surface area contributed by atoms with Crippen molar-refractivity contribution in [2.24, 2.45) is 0 Å². The van der Waals surface area contributed by atoms with Crippen LogP contribution in [-0.2, 0) is 23.7 Å². The number of amides is 1. The number of hydrogen-bond acceptors (Lipinski definition) is 13. The highest BCUT2D eigenvalue weighted by Crippen LogP contribution is 2.30. The van der Waals surface area contributed by atoms with E-state index in [0.717, 1.165) is 38.5 Å². The monoisotopic (exact) mass is 1110 g/mol. The number of carbonyl (C=O) groups is 1. The van der Waals surface area contributed by atoms with Gasteiger partial charge in [-0.1, -0.05) is 256 Å². The van der Waals surface area contributed by atoms with Crippen molar-refractivity contribution in [2.75, 3.05) is 19.8 Å². The molecule has 0 spiro atoms. The van der Waals surface area contributed by atoms with Gasteiger partial charge in [0.25, 0.3) is 0 Å². The Labute approximate surface area is 475 Å². The minimum atomic E-state index is -1.79.